The highest BCUT2D eigenvalue weighted by atomic mass is 16.5. The molecule has 0 aliphatic rings. The van der Waals surface area contributed by atoms with Gasteiger partial charge in [0.15, 0.2) is 0 Å². The van der Waals surface area contributed by atoms with Gasteiger partial charge >= 0.3 is 0 Å². The van der Waals surface area contributed by atoms with Crippen LogP contribution >= 0.6 is 0 Å². The Kier molecular flexibility index (Phi) is 5.65. The second-order valence-electron chi connectivity index (χ2n) is 4.37. The molecule has 1 rings (SSSR count). The largest absolute Gasteiger partial charge is 0.496 e. The van der Waals surface area contributed by atoms with Crippen LogP contribution in [0.1, 0.15) is 24.5 Å². The number of ether oxygens (including phenoxy) is 1. The molecule has 0 saturated heterocycles. The highest BCUT2D eigenvalue weighted by Crippen LogP contribution is 2.19. The number of amides is 1. The Balaban J connectivity index is 2.68. The van der Waals surface area contributed by atoms with Gasteiger partial charge in [-0.2, -0.15) is 0 Å². The molecule has 1 atom stereocenters. The number of nitrogens with one attached hydrogen (secondary N) is 1. The van der Waals surface area contributed by atoms with Crippen LogP contribution in [0, 0.1) is 12.8 Å². The Labute approximate surface area is 109 Å². The maximum absolute atomic E-state index is 11.8. The number of carbonyl (C=O) groups excluding carboxylic acids is 1. The number of nitrogens with two attached hydrogens (primary N) is 1. The Morgan fingerprint density at radius 2 is 2.22 bits per heavy atom. The van der Waals surface area contributed by atoms with Crippen molar-refractivity contribution in [2.45, 2.75) is 26.8 Å². The number of hydrogen-bond donors (Lipinski definition) is 2. The van der Waals surface area contributed by atoms with Crippen molar-refractivity contribution in [1.82, 2.24) is 5.32 Å². The molecule has 1 aromatic rings. The van der Waals surface area contributed by atoms with Crippen LogP contribution in [0.5, 0.6) is 5.75 Å². The fraction of sp³-hybridized carbons (Fsp3) is 0.500. The van der Waals surface area contributed by atoms with Crippen LogP contribution < -0.4 is 15.8 Å². The molecule has 4 nitrogen and oxygen atoms in total. The molecule has 0 saturated carbocycles. The van der Waals surface area contributed by atoms with E-state index in [0.717, 1.165) is 23.3 Å². The summed E-state index contributed by atoms with van der Waals surface area (Å²) in [5.41, 5.74) is 7.68. The smallest absolute Gasteiger partial charge is 0.224 e. The highest BCUT2D eigenvalue weighted by molar-refractivity contribution is 5.78. The van der Waals surface area contributed by atoms with Gasteiger partial charge in [-0.1, -0.05) is 24.6 Å². The minimum atomic E-state index is -0.110. The van der Waals surface area contributed by atoms with E-state index in [-0.39, 0.29) is 11.8 Å². The van der Waals surface area contributed by atoms with Gasteiger partial charge in [0, 0.05) is 24.6 Å². The van der Waals surface area contributed by atoms with Gasteiger partial charge in [-0.05, 0) is 19.4 Å². The molecule has 0 radical (unpaired) electrons. The first-order valence-corrected chi connectivity index (χ1v) is 6.23. The molecular formula is C14H22N2O2. The van der Waals surface area contributed by atoms with Gasteiger partial charge in [0.25, 0.3) is 0 Å². The number of aryl methyl sites for hydroxylation is 1. The second-order valence-corrected chi connectivity index (χ2v) is 4.37. The topological polar surface area (TPSA) is 64.4 Å². The summed E-state index contributed by atoms with van der Waals surface area (Å²) in [4.78, 5) is 11.8. The summed E-state index contributed by atoms with van der Waals surface area (Å²) in [5, 5.41) is 2.90. The van der Waals surface area contributed by atoms with Gasteiger partial charge in [0.05, 0.1) is 7.11 Å². The summed E-state index contributed by atoms with van der Waals surface area (Å²) in [5.74, 6) is 0.686. The molecule has 1 aromatic carbocycles. The first-order chi connectivity index (χ1) is 8.62. The van der Waals surface area contributed by atoms with E-state index >= 15 is 0 Å². The Bertz CT molecular complexity index is 401. The van der Waals surface area contributed by atoms with E-state index in [9.17, 15) is 4.79 Å². The van der Waals surface area contributed by atoms with Crippen molar-refractivity contribution >= 4 is 5.91 Å². The number of hydrogen-bond acceptors (Lipinski definition) is 3. The third-order valence-electron chi connectivity index (χ3n) is 3.04. The van der Waals surface area contributed by atoms with E-state index in [0.29, 0.717) is 13.1 Å². The Morgan fingerprint density at radius 1 is 1.50 bits per heavy atom. The van der Waals surface area contributed by atoms with Crippen molar-refractivity contribution in [2.24, 2.45) is 11.7 Å². The average Bonchev–Trinajstić information content (AvgIpc) is 2.38. The summed E-state index contributed by atoms with van der Waals surface area (Å²) < 4.78 is 5.27. The molecule has 0 heterocycles. The van der Waals surface area contributed by atoms with E-state index in [1.54, 1.807) is 7.11 Å². The summed E-state index contributed by atoms with van der Waals surface area (Å²) in [7, 11) is 1.63. The van der Waals surface area contributed by atoms with E-state index in [2.05, 4.69) is 5.32 Å². The molecule has 0 aliphatic carbocycles. The molecule has 0 fully saturated rings. The second kappa shape index (κ2) is 7.01. The number of methoxy groups -OCH3 is 1. The van der Waals surface area contributed by atoms with E-state index in [1.165, 1.54) is 0 Å². The predicted molar refractivity (Wildman–Crippen MR) is 72.4 cm³/mol. The van der Waals surface area contributed by atoms with E-state index in [4.69, 9.17) is 10.5 Å². The molecule has 100 valence electrons. The van der Waals surface area contributed by atoms with E-state index in [1.807, 2.05) is 32.0 Å². The Hall–Kier alpha value is -1.55. The minimum absolute atomic E-state index is 0.00330. The zero-order valence-corrected chi connectivity index (χ0v) is 11.3. The van der Waals surface area contributed by atoms with Crippen LogP contribution in [0.25, 0.3) is 0 Å². The summed E-state index contributed by atoms with van der Waals surface area (Å²) in [6.45, 7) is 4.83. The zero-order chi connectivity index (χ0) is 13.5. The lowest BCUT2D eigenvalue weighted by molar-refractivity contribution is -0.124. The van der Waals surface area contributed by atoms with Crippen LogP contribution in [-0.2, 0) is 11.3 Å². The molecule has 3 N–H and O–H groups in total. The van der Waals surface area contributed by atoms with Gasteiger partial charge in [-0.15, -0.1) is 0 Å². The first-order valence-electron chi connectivity index (χ1n) is 6.23. The maximum atomic E-state index is 11.8. The normalized spacial score (nSPS) is 12.0. The predicted octanol–water partition coefficient (Wildman–Crippen LogP) is 1.60. The number of rotatable bonds is 6. The van der Waals surface area contributed by atoms with Crippen LogP contribution in [0.15, 0.2) is 18.2 Å². The van der Waals surface area contributed by atoms with Crippen LogP contribution in [0.3, 0.4) is 0 Å². The zero-order valence-electron chi connectivity index (χ0n) is 11.3. The molecule has 0 aromatic heterocycles. The van der Waals surface area contributed by atoms with Crippen molar-refractivity contribution in [3.63, 3.8) is 0 Å². The van der Waals surface area contributed by atoms with Crippen molar-refractivity contribution < 1.29 is 9.53 Å². The standard InChI is InChI=1S/C14H22N2O2/c1-4-11(8-15)14(17)16-9-12-7-10(2)5-6-13(12)18-3/h5-7,11H,4,8-9,15H2,1-3H3,(H,16,17). The SMILES string of the molecule is CCC(CN)C(=O)NCc1cc(C)ccc1OC. The lowest BCUT2D eigenvalue weighted by Crippen LogP contribution is -2.34. The molecule has 4 heteroatoms. The average molecular weight is 250 g/mol. The van der Waals surface area contributed by atoms with Crippen molar-refractivity contribution in [1.29, 1.82) is 0 Å². The fourth-order valence-electron chi connectivity index (χ4n) is 1.83. The van der Waals surface area contributed by atoms with Gasteiger partial charge in [0.1, 0.15) is 5.75 Å². The fourth-order valence-corrected chi connectivity index (χ4v) is 1.83. The van der Waals surface area contributed by atoms with Gasteiger partial charge in [-0.25, -0.2) is 0 Å². The first kappa shape index (κ1) is 14.5. The molecule has 0 spiro atoms. The van der Waals surface area contributed by atoms with E-state index < -0.39 is 0 Å². The third-order valence-corrected chi connectivity index (χ3v) is 3.04. The lowest BCUT2D eigenvalue weighted by Gasteiger charge is -2.14. The molecule has 1 unspecified atom stereocenters. The molecular weight excluding hydrogens is 228 g/mol. The molecule has 18 heavy (non-hydrogen) atoms. The number of carbonyl (C=O) groups is 1. The van der Waals surface area contributed by atoms with Crippen LogP contribution in [0.4, 0.5) is 0 Å². The maximum Gasteiger partial charge on any atom is 0.224 e. The van der Waals surface area contributed by atoms with Gasteiger partial charge < -0.3 is 15.8 Å². The lowest BCUT2D eigenvalue weighted by atomic mass is 10.1. The Morgan fingerprint density at radius 3 is 2.78 bits per heavy atom. The van der Waals surface area contributed by atoms with Crippen molar-refractivity contribution in [2.75, 3.05) is 13.7 Å². The monoisotopic (exact) mass is 250 g/mol. The number of benzene rings is 1. The van der Waals surface area contributed by atoms with Crippen LogP contribution in [-0.4, -0.2) is 19.6 Å². The molecule has 0 bridgehead atoms. The van der Waals surface area contributed by atoms with Gasteiger partial charge in [-0.3, -0.25) is 4.79 Å². The summed E-state index contributed by atoms with van der Waals surface area (Å²) in [6.07, 6.45) is 0.757. The van der Waals surface area contributed by atoms with Gasteiger partial charge in [0.2, 0.25) is 5.91 Å². The highest BCUT2D eigenvalue weighted by Gasteiger charge is 2.14. The minimum Gasteiger partial charge on any atom is -0.496 e. The molecule has 1 amide bonds. The third kappa shape index (κ3) is 3.74. The van der Waals surface area contributed by atoms with Crippen molar-refractivity contribution in [3.05, 3.63) is 29.3 Å². The molecule has 0 aliphatic heterocycles. The quantitative estimate of drug-likeness (QED) is 0.806. The van der Waals surface area contributed by atoms with Crippen molar-refractivity contribution in [3.8, 4) is 5.75 Å². The summed E-state index contributed by atoms with van der Waals surface area (Å²) in [6, 6.07) is 5.92. The van der Waals surface area contributed by atoms with Crippen LogP contribution in [0.2, 0.25) is 0 Å². The summed E-state index contributed by atoms with van der Waals surface area (Å²) >= 11 is 0.